The third kappa shape index (κ3) is 2.92. The van der Waals surface area contributed by atoms with Crippen molar-refractivity contribution >= 4 is 17.4 Å². The molecule has 4 aliphatic rings. The van der Waals surface area contributed by atoms with Gasteiger partial charge in [0.05, 0.1) is 17.6 Å². The molecule has 6 heteroatoms. The highest BCUT2D eigenvalue weighted by Gasteiger charge is 2.74. The van der Waals surface area contributed by atoms with Crippen LogP contribution in [0.4, 0.5) is 0 Å². The fourth-order valence-corrected chi connectivity index (χ4v) is 7.14. The number of likely N-dealkylation sites (N-methyl/N-ethyl adjacent to an activating group) is 1. The monoisotopic (exact) mass is 477 g/mol. The first-order valence-corrected chi connectivity index (χ1v) is 12.3. The Balaban J connectivity index is 1.49. The van der Waals surface area contributed by atoms with Gasteiger partial charge in [0.1, 0.15) is 6.61 Å². The number of hydrogen-bond acceptors (Lipinski definition) is 5. The van der Waals surface area contributed by atoms with Crippen LogP contribution in [0, 0.1) is 11.8 Å². The van der Waals surface area contributed by atoms with E-state index in [0.29, 0.717) is 36.8 Å². The molecule has 0 aromatic heterocycles. The summed E-state index contributed by atoms with van der Waals surface area (Å²) in [5.74, 6) is 7.37. The van der Waals surface area contributed by atoms with Crippen molar-refractivity contribution in [2.75, 3.05) is 20.2 Å². The number of piperidine rings is 1. The minimum absolute atomic E-state index is 0.161. The third-order valence-corrected chi connectivity index (χ3v) is 8.57. The van der Waals surface area contributed by atoms with Gasteiger partial charge < -0.3 is 19.1 Å². The zero-order valence-corrected chi connectivity index (χ0v) is 20.3. The van der Waals surface area contributed by atoms with Crippen LogP contribution < -0.4 is 9.47 Å². The van der Waals surface area contributed by atoms with Gasteiger partial charge >= 0.3 is 0 Å². The molecule has 0 N–H and O–H groups in total. The number of benzene rings is 2. The van der Waals surface area contributed by atoms with Crippen molar-refractivity contribution in [3.05, 3.63) is 58.1 Å². The Morgan fingerprint density at radius 1 is 1.26 bits per heavy atom. The van der Waals surface area contributed by atoms with Crippen LogP contribution in [0.2, 0.25) is 5.02 Å². The molecule has 1 saturated heterocycles. The lowest BCUT2D eigenvalue weighted by Crippen LogP contribution is -2.76. The zero-order valence-electron chi connectivity index (χ0n) is 19.5. The van der Waals surface area contributed by atoms with Crippen LogP contribution in [0.15, 0.2) is 36.4 Å². The zero-order chi connectivity index (χ0) is 23.5. The van der Waals surface area contributed by atoms with E-state index in [9.17, 15) is 4.79 Å². The summed E-state index contributed by atoms with van der Waals surface area (Å²) in [6.07, 6.45) is 2.26. The molecular weight excluding hydrogens is 450 g/mol. The highest BCUT2D eigenvalue weighted by Crippen LogP contribution is 2.66. The molecule has 1 saturated carbocycles. The molecule has 176 valence electrons. The van der Waals surface area contributed by atoms with Gasteiger partial charge in [-0.3, -0.25) is 4.79 Å². The Morgan fingerprint density at radius 3 is 2.97 bits per heavy atom. The Kier molecular flexibility index (Phi) is 5.18. The maximum atomic E-state index is 13.4. The fraction of sp³-hybridized carbons (Fsp3) is 0.464. The van der Waals surface area contributed by atoms with Crippen molar-refractivity contribution < 1.29 is 19.0 Å². The molecule has 2 aromatic carbocycles. The van der Waals surface area contributed by atoms with E-state index in [2.05, 4.69) is 29.9 Å². The van der Waals surface area contributed by atoms with Crippen LogP contribution in [0.1, 0.15) is 42.9 Å². The molecule has 1 unspecified atom stereocenters. The lowest BCUT2D eigenvalue weighted by Gasteiger charge is -2.64. The van der Waals surface area contributed by atoms with E-state index < -0.39 is 17.1 Å². The summed E-state index contributed by atoms with van der Waals surface area (Å²) in [7, 11) is 2.18. The Labute approximate surface area is 205 Å². The maximum absolute atomic E-state index is 13.4. The molecular formula is C28H28ClNO4. The number of Topliss-reactive ketones (excluding diaryl/α,β-unsaturated/α-hetero) is 1. The summed E-state index contributed by atoms with van der Waals surface area (Å²) in [6.45, 7) is 3.42. The van der Waals surface area contributed by atoms with Crippen LogP contribution in [0.25, 0.3) is 0 Å². The average molecular weight is 478 g/mol. The van der Waals surface area contributed by atoms with Gasteiger partial charge in [-0.2, -0.15) is 0 Å². The van der Waals surface area contributed by atoms with E-state index in [-0.39, 0.29) is 11.8 Å². The number of hydrogen-bond donors (Lipinski definition) is 0. The number of ketones is 1. The minimum Gasteiger partial charge on any atom is -0.477 e. The summed E-state index contributed by atoms with van der Waals surface area (Å²) >= 11 is 6.25. The summed E-state index contributed by atoms with van der Waals surface area (Å²) in [4.78, 5) is 15.8. The molecule has 2 aromatic rings. The molecule has 2 heterocycles. The molecule has 6 rings (SSSR count). The van der Waals surface area contributed by atoms with Gasteiger partial charge in [-0.05, 0) is 69.1 Å². The predicted molar refractivity (Wildman–Crippen MR) is 129 cm³/mol. The number of likely N-dealkylation sites (tertiary alicyclic amines) is 1. The molecule has 5 nitrogen and oxygen atoms in total. The SMILES string of the molecule is CC#CCOc1ccc2c3c1O[C@H]1C(=O)CC[C@@]4(OCc5cccc(Cl)c5)C(C2)N(C)CC[C@]314. The lowest BCUT2D eigenvalue weighted by molar-refractivity contribution is -0.215. The standard InChI is InChI=1S/C28H28ClNO4/c1-3-4-14-32-22-9-8-19-16-23-28(33-17-18-6-5-7-20(29)15-18)11-10-21(31)26-27(28,12-13-30(23)2)24(19)25(22)34-26/h5-9,15,23,26H,10-14,16-17H2,1-2H3/t23?,26-,27-,28+/m0/s1. The van der Waals surface area contributed by atoms with Crippen LogP contribution in [-0.2, 0) is 28.0 Å². The van der Waals surface area contributed by atoms with Crippen LogP contribution in [0.3, 0.4) is 0 Å². The minimum atomic E-state index is -0.548. The van der Waals surface area contributed by atoms with Crippen LogP contribution >= 0.6 is 11.6 Å². The molecule has 2 aliphatic carbocycles. The molecule has 2 aliphatic heterocycles. The summed E-state index contributed by atoms with van der Waals surface area (Å²) in [6, 6.07) is 12.1. The van der Waals surface area contributed by atoms with Gasteiger partial charge in [0.15, 0.2) is 23.4 Å². The Morgan fingerprint density at radius 2 is 2.15 bits per heavy atom. The molecule has 34 heavy (non-hydrogen) atoms. The largest absolute Gasteiger partial charge is 0.477 e. The highest BCUT2D eigenvalue weighted by atomic mass is 35.5. The third-order valence-electron chi connectivity index (χ3n) is 8.33. The lowest BCUT2D eigenvalue weighted by atomic mass is 9.49. The number of nitrogens with zero attached hydrogens (tertiary/aromatic N) is 1. The summed E-state index contributed by atoms with van der Waals surface area (Å²) in [5.41, 5.74) is 2.35. The topological polar surface area (TPSA) is 48.0 Å². The van der Waals surface area contributed by atoms with Crippen molar-refractivity contribution in [3.8, 4) is 23.3 Å². The first kappa shape index (κ1) is 22.0. The van der Waals surface area contributed by atoms with Crippen LogP contribution in [0.5, 0.6) is 11.5 Å². The van der Waals surface area contributed by atoms with Crippen molar-refractivity contribution in [2.24, 2.45) is 0 Å². The second kappa shape index (κ2) is 8.02. The first-order chi connectivity index (χ1) is 16.5. The fourth-order valence-electron chi connectivity index (χ4n) is 6.93. The Hall–Kier alpha value is -2.52. The molecule has 2 fully saturated rings. The van der Waals surface area contributed by atoms with E-state index in [1.54, 1.807) is 6.92 Å². The number of ether oxygens (including phenoxy) is 3. The second-order valence-electron chi connectivity index (χ2n) is 9.84. The van der Waals surface area contributed by atoms with Crippen molar-refractivity contribution in [1.29, 1.82) is 0 Å². The number of halogens is 1. The number of carbonyl (C=O) groups is 1. The predicted octanol–water partition coefficient (Wildman–Crippen LogP) is 4.32. The Bertz CT molecular complexity index is 1230. The van der Waals surface area contributed by atoms with E-state index in [4.69, 9.17) is 25.8 Å². The van der Waals surface area contributed by atoms with Crippen LogP contribution in [-0.4, -0.2) is 48.6 Å². The van der Waals surface area contributed by atoms with E-state index in [1.807, 2.05) is 30.3 Å². The highest BCUT2D eigenvalue weighted by molar-refractivity contribution is 6.30. The second-order valence-corrected chi connectivity index (χ2v) is 10.3. The van der Waals surface area contributed by atoms with Crippen molar-refractivity contribution in [1.82, 2.24) is 4.90 Å². The van der Waals surface area contributed by atoms with E-state index in [1.165, 1.54) is 5.56 Å². The van der Waals surface area contributed by atoms with Crippen molar-refractivity contribution in [2.45, 2.75) is 62.4 Å². The summed E-state index contributed by atoms with van der Waals surface area (Å²) < 4.78 is 19.5. The van der Waals surface area contributed by atoms with Gasteiger partial charge in [-0.25, -0.2) is 0 Å². The molecule has 0 amide bonds. The average Bonchev–Trinajstić information content (AvgIpc) is 3.19. The quantitative estimate of drug-likeness (QED) is 0.600. The smallest absolute Gasteiger partial charge is 0.174 e. The number of carbonyl (C=O) groups excluding carboxylic acids is 1. The van der Waals surface area contributed by atoms with Crippen molar-refractivity contribution in [3.63, 3.8) is 0 Å². The normalized spacial score (nSPS) is 30.7. The van der Waals surface area contributed by atoms with E-state index in [0.717, 1.165) is 36.3 Å². The maximum Gasteiger partial charge on any atom is 0.174 e. The van der Waals surface area contributed by atoms with Gasteiger partial charge in [0, 0.05) is 23.0 Å². The molecule has 2 bridgehead atoms. The molecule has 4 atom stereocenters. The number of rotatable bonds is 5. The summed E-state index contributed by atoms with van der Waals surface area (Å²) in [5, 5.41) is 0.697. The van der Waals surface area contributed by atoms with Gasteiger partial charge in [-0.1, -0.05) is 35.7 Å². The molecule has 0 radical (unpaired) electrons. The first-order valence-electron chi connectivity index (χ1n) is 12.0. The molecule has 1 spiro atoms. The van der Waals surface area contributed by atoms with Gasteiger partial charge in [-0.15, -0.1) is 5.92 Å². The van der Waals surface area contributed by atoms with Gasteiger partial charge in [0.2, 0.25) is 0 Å². The van der Waals surface area contributed by atoms with E-state index >= 15 is 0 Å². The van der Waals surface area contributed by atoms with Gasteiger partial charge in [0.25, 0.3) is 0 Å².